The number of nitrogens with zero attached hydrogens (tertiary/aromatic N) is 7. The Morgan fingerprint density at radius 3 is 3.00 bits per heavy atom. The molecule has 0 radical (unpaired) electrons. The molecule has 0 N–H and O–H groups in total. The minimum Gasteiger partial charge on any atom is -0.342 e. The lowest BCUT2D eigenvalue weighted by molar-refractivity contribution is -0.132. The van der Waals surface area contributed by atoms with Crippen molar-refractivity contribution in [3.05, 3.63) is 42.5 Å². The number of imidazole rings is 1. The average molecular weight is 339 g/mol. The molecule has 130 valence electrons. The molecule has 0 aromatic carbocycles. The summed E-state index contributed by atoms with van der Waals surface area (Å²) in [4.78, 5) is 27.5. The van der Waals surface area contributed by atoms with Crippen LogP contribution in [0.2, 0.25) is 0 Å². The number of piperidine rings is 1. The molecular weight excluding hydrogens is 318 g/mol. The Morgan fingerprint density at radius 1 is 1.28 bits per heavy atom. The van der Waals surface area contributed by atoms with Gasteiger partial charge in [-0.2, -0.15) is 4.98 Å². The summed E-state index contributed by atoms with van der Waals surface area (Å²) in [6.45, 7) is 1.58. The second kappa shape index (κ2) is 6.62. The number of amides is 1. The number of aryl methyl sites for hydroxylation is 1. The zero-order valence-corrected chi connectivity index (χ0v) is 14.2. The van der Waals surface area contributed by atoms with Crippen LogP contribution < -0.4 is 0 Å². The van der Waals surface area contributed by atoms with Gasteiger partial charge in [-0.25, -0.2) is 14.5 Å². The first-order valence-corrected chi connectivity index (χ1v) is 8.59. The summed E-state index contributed by atoms with van der Waals surface area (Å²) in [5, 5.41) is 4.32. The van der Waals surface area contributed by atoms with Crippen LogP contribution in [-0.4, -0.2) is 53.0 Å². The number of hydrogen-bond acceptors (Lipinski definition) is 5. The molecule has 1 aliphatic heterocycles. The van der Waals surface area contributed by atoms with Gasteiger partial charge < -0.3 is 9.47 Å². The molecule has 0 bridgehead atoms. The Kier molecular flexibility index (Phi) is 4.17. The molecule has 4 rings (SSSR count). The molecule has 0 aliphatic carbocycles. The summed E-state index contributed by atoms with van der Waals surface area (Å²) in [6, 6.07) is 1.79. The first-order chi connectivity index (χ1) is 12.2. The molecule has 3 aromatic rings. The number of aromatic nitrogens is 6. The predicted molar refractivity (Wildman–Crippen MR) is 90.7 cm³/mol. The summed E-state index contributed by atoms with van der Waals surface area (Å²) < 4.78 is 3.65. The van der Waals surface area contributed by atoms with Crippen LogP contribution in [0.15, 0.2) is 30.9 Å². The van der Waals surface area contributed by atoms with Gasteiger partial charge in [-0.05, 0) is 24.8 Å². The quantitative estimate of drug-likeness (QED) is 0.705. The number of hydrogen-bond donors (Lipinski definition) is 0. The molecule has 1 aliphatic rings. The van der Waals surface area contributed by atoms with Gasteiger partial charge in [0.2, 0.25) is 5.91 Å². The topological polar surface area (TPSA) is 81.2 Å². The molecule has 1 fully saturated rings. The minimum atomic E-state index is 0.0837. The highest BCUT2D eigenvalue weighted by molar-refractivity contribution is 5.78. The highest BCUT2D eigenvalue weighted by Gasteiger charge is 2.25. The zero-order valence-electron chi connectivity index (χ0n) is 14.2. The van der Waals surface area contributed by atoms with Gasteiger partial charge in [0.1, 0.15) is 5.82 Å². The van der Waals surface area contributed by atoms with E-state index in [4.69, 9.17) is 0 Å². The summed E-state index contributed by atoms with van der Waals surface area (Å²) in [6.07, 6.45) is 10.5. The van der Waals surface area contributed by atoms with Crippen molar-refractivity contribution in [3.8, 4) is 0 Å². The summed E-state index contributed by atoms with van der Waals surface area (Å²) in [5.74, 6) is 2.66. The van der Waals surface area contributed by atoms with Crippen LogP contribution in [0, 0.1) is 5.92 Å². The van der Waals surface area contributed by atoms with Gasteiger partial charge in [0.25, 0.3) is 5.78 Å². The Bertz CT molecular complexity index is 851. The van der Waals surface area contributed by atoms with Crippen LogP contribution in [0.4, 0.5) is 0 Å². The van der Waals surface area contributed by atoms with E-state index in [1.807, 2.05) is 28.9 Å². The second-order valence-corrected chi connectivity index (χ2v) is 6.58. The number of fused-ring (bicyclic) bond motifs is 1. The molecule has 3 aromatic heterocycles. The SMILES string of the molecule is Cn1ccnc1CC1CCCN(C(=O)Cc2nc3ncccn3n2)C1. The van der Waals surface area contributed by atoms with E-state index < -0.39 is 0 Å². The highest BCUT2D eigenvalue weighted by atomic mass is 16.2. The fourth-order valence-electron chi connectivity index (χ4n) is 3.41. The first kappa shape index (κ1) is 15.7. The lowest BCUT2D eigenvalue weighted by Crippen LogP contribution is -2.41. The van der Waals surface area contributed by atoms with E-state index in [2.05, 4.69) is 20.1 Å². The Hall–Kier alpha value is -2.77. The average Bonchev–Trinajstić information content (AvgIpc) is 3.21. The molecular formula is C17H21N7O. The third-order valence-electron chi connectivity index (χ3n) is 4.73. The van der Waals surface area contributed by atoms with E-state index in [9.17, 15) is 4.79 Å². The molecule has 0 spiro atoms. The maximum atomic E-state index is 12.7. The van der Waals surface area contributed by atoms with Gasteiger partial charge in [-0.1, -0.05) is 0 Å². The van der Waals surface area contributed by atoms with Crippen molar-refractivity contribution in [2.45, 2.75) is 25.7 Å². The highest BCUT2D eigenvalue weighted by Crippen LogP contribution is 2.20. The number of likely N-dealkylation sites (tertiary alicyclic amines) is 1. The molecule has 0 saturated carbocycles. The molecule has 8 heteroatoms. The van der Waals surface area contributed by atoms with Crippen LogP contribution in [0.1, 0.15) is 24.5 Å². The smallest absolute Gasteiger partial charge is 0.252 e. The standard InChI is InChI=1S/C17H21N7O/c1-22-9-6-18-15(22)10-13-4-2-7-23(12-13)16(25)11-14-20-17-19-5-3-8-24(17)21-14/h3,5-6,8-9,13H,2,4,7,10-12H2,1H3. The lowest BCUT2D eigenvalue weighted by Gasteiger charge is -2.32. The number of carbonyl (C=O) groups excluding carboxylic acids is 1. The van der Waals surface area contributed by atoms with Crippen LogP contribution in [0.25, 0.3) is 5.78 Å². The molecule has 1 unspecified atom stereocenters. The molecule has 1 saturated heterocycles. The third-order valence-corrected chi connectivity index (χ3v) is 4.73. The normalized spacial score (nSPS) is 18.0. The molecule has 8 nitrogen and oxygen atoms in total. The van der Waals surface area contributed by atoms with E-state index in [1.54, 1.807) is 23.0 Å². The summed E-state index contributed by atoms with van der Waals surface area (Å²) >= 11 is 0. The lowest BCUT2D eigenvalue weighted by atomic mass is 9.94. The molecule has 1 amide bonds. The molecule has 25 heavy (non-hydrogen) atoms. The number of carbonyl (C=O) groups is 1. The van der Waals surface area contributed by atoms with Gasteiger partial charge in [-0.15, -0.1) is 5.10 Å². The van der Waals surface area contributed by atoms with Gasteiger partial charge in [0.15, 0.2) is 5.82 Å². The Morgan fingerprint density at radius 2 is 2.20 bits per heavy atom. The predicted octanol–water partition coefficient (Wildman–Crippen LogP) is 0.882. The molecule has 1 atom stereocenters. The Balaban J connectivity index is 1.40. The van der Waals surface area contributed by atoms with Crippen molar-refractivity contribution in [2.75, 3.05) is 13.1 Å². The third kappa shape index (κ3) is 3.38. The van der Waals surface area contributed by atoms with Crippen LogP contribution in [-0.2, 0) is 24.7 Å². The van der Waals surface area contributed by atoms with Crippen molar-refractivity contribution in [1.29, 1.82) is 0 Å². The van der Waals surface area contributed by atoms with Crippen LogP contribution in [0.3, 0.4) is 0 Å². The molecule has 4 heterocycles. The van der Waals surface area contributed by atoms with E-state index in [0.717, 1.165) is 38.2 Å². The maximum Gasteiger partial charge on any atom is 0.252 e. The van der Waals surface area contributed by atoms with Gasteiger partial charge in [0, 0.05) is 51.3 Å². The fourth-order valence-corrected chi connectivity index (χ4v) is 3.41. The summed E-state index contributed by atoms with van der Waals surface area (Å²) in [5.41, 5.74) is 0. The van der Waals surface area contributed by atoms with Crippen LogP contribution >= 0.6 is 0 Å². The maximum absolute atomic E-state index is 12.7. The van der Waals surface area contributed by atoms with Crippen molar-refractivity contribution >= 4 is 11.7 Å². The number of rotatable bonds is 4. The van der Waals surface area contributed by atoms with E-state index in [1.165, 1.54) is 0 Å². The van der Waals surface area contributed by atoms with Gasteiger partial charge in [0.05, 0.1) is 6.42 Å². The van der Waals surface area contributed by atoms with Crippen LogP contribution in [0.5, 0.6) is 0 Å². The largest absolute Gasteiger partial charge is 0.342 e. The van der Waals surface area contributed by atoms with Crippen molar-refractivity contribution in [3.63, 3.8) is 0 Å². The zero-order chi connectivity index (χ0) is 17.2. The monoisotopic (exact) mass is 339 g/mol. The van der Waals surface area contributed by atoms with Gasteiger partial charge in [-0.3, -0.25) is 4.79 Å². The summed E-state index contributed by atoms with van der Waals surface area (Å²) in [7, 11) is 2.01. The Labute approximate surface area is 145 Å². The first-order valence-electron chi connectivity index (χ1n) is 8.59. The minimum absolute atomic E-state index is 0.0837. The van der Waals surface area contributed by atoms with Gasteiger partial charge >= 0.3 is 0 Å². The van der Waals surface area contributed by atoms with Crippen molar-refractivity contribution in [1.82, 2.24) is 34.0 Å². The second-order valence-electron chi connectivity index (χ2n) is 6.58. The van der Waals surface area contributed by atoms with Crippen molar-refractivity contribution < 1.29 is 4.79 Å². The van der Waals surface area contributed by atoms with E-state index in [0.29, 0.717) is 17.5 Å². The fraction of sp³-hybridized carbons (Fsp3) is 0.471. The van der Waals surface area contributed by atoms with E-state index in [-0.39, 0.29) is 12.3 Å². The van der Waals surface area contributed by atoms with E-state index >= 15 is 0 Å². The van der Waals surface area contributed by atoms with Crippen molar-refractivity contribution in [2.24, 2.45) is 13.0 Å².